The molecule has 0 aliphatic carbocycles. The molecule has 5 rings (SSSR count). The molecule has 1 aliphatic rings. The van der Waals surface area contributed by atoms with Gasteiger partial charge in [0.15, 0.2) is 0 Å². The van der Waals surface area contributed by atoms with Crippen molar-refractivity contribution >= 4 is 40.0 Å². The highest BCUT2D eigenvalue weighted by molar-refractivity contribution is 7.09. The zero-order valence-electron chi connectivity index (χ0n) is 19.3. The number of benzene rings is 1. The highest BCUT2D eigenvalue weighted by Crippen LogP contribution is 2.23. The molecule has 11 heteroatoms. The Morgan fingerprint density at radius 3 is 2.74 bits per heavy atom. The van der Waals surface area contributed by atoms with E-state index in [1.54, 1.807) is 11.3 Å². The molecule has 4 heterocycles. The smallest absolute Gasteiger partial charge is 0.323 e. The SMILES string of the molecule is CCOc1nc(NCc2cccs2)nc(Nc2ccc3c(c2)nc(CN2CCOCC2)n3C)n1. The summed E-state index contributed by atoms with van der Waals surface area (Å²) in [4.78, 5) is 21.7. The largest absolute Gasteiger partial charge is 0.464 e. The number of rotatable bonds is 9. The zero-order chi connectivity index (χ0) is 23.3. The average molecular weight is 481 g/mol. The van der Waals surface area contributed by atoms with E-state index in [4.69, 9.17) is 14.5 Å². The van der Waals surface area contributed by atoms with Crippen molar-refractivity contribution in [3.8, 4) is 6.01 Å². The van der Waals surface area contributed by atoms with Crippen LogP contribution in [0.4, 0.5) is 17.6 Å². The Kier molecular flexibility index (Phi) is 6.84. The fourth-order valence-corrected chi connectivity index (χ4v) is 4.47. The third-order valence-corrected chi connectivity index (χ3v) is 6.46. The van der Waals surface area contributed by atoms with Gasteiger partial charge >= 0.3 is 6.01 Å². The molecule has 0 spiro atoms. The van der Waals surface area contributed by atoms with Gasteiger partial charge in [0, 0.05) is 30.7 Å². The Morgan fingerprint density at radius 1 is 1.09 bits per heavy atom. The minimum atomic E-state index is 0.278. The van der Waals surface area contributed by atoms with Crippen LogP contribution < -0.4 is 15.4 Å². The molecule has 0 bridgehead atoms. The topological polar surface area (TPSA) is 102 Å². The zero-order valence-corrected chi connectivity index (χ0v) is 20.1. The quantitative estimate of drug-likeness (QED) is 0.373. The van der Waals surface area contributed by atoms with Crippen molar-refractivity contribution in [1.82, 2.24) is 29.4 Å². The summed E-state index contributed by atoms with van der Waals surface area (Å²) in [5.74, 6) is 1.91. The summed E-state index contributed by atoms with van der Waals surface area (Å²) < 4.78 is 13.2. The van der Waals surface area contributed by atoms with Gasteiger partial charge in [-0.15, -0.1) is 11.3 Å². The summed E-state index contributed by atoms with van der Waals surface area (Å²) >= 11 is 1.68. The molecule has 4 aromatic rings. The van der Waals surface area contributed by atoms with E-state index in [1.165, 1.54) is 4.88 Å². The lowest BCUT2D eigenvalue weighted by Gasteiger charge is -2.26. The maximum Gasteiger partial charge on any atom is 0.323 e. The van der Waals surface area contributed by atoms with Crippen molar-refractivity contribution in [1.29, 1.82) is 0 Å². The Bertz CT molecular complexity index is 1240. The second-order valence-electron chi connectivity index (χ2n) is 7.94. The van der Waals surface area contributed by atoms with Crippen LogP contribution in [0.5, 0.6) is 6.01 Å². The number of nitrogens with one attached hydrogen (secondary N) is 2. The minimum absolute atomic E-state index is 0.278. The van der Waals surface area contributed by atoms with Crippen LogP contribution in [0, 0.1) is 0 Å². The van der Waals surface area contributed by atoms with E-state index in [0.717, 1.165) is 55.4 Å². The first-order valence-corrected chi connectivity index (χ1v) is 12.2. The Labute approximate surface area is 202 Å². The highest BCUT2D eigenvalue weighted by atomic mass is 32.1. The predicted molar refractivity (Wildman–Crippen MR) is 133 cm³/mol. The third-order valence-electron chi connectivity index (χ3n) is 5.59. The van der Waals surface area contributed by atoms with Crippen LogP contribution in [0.3, 0.4) is 0 Å². The lowest BCUT2D eigenvalue weighted by atomic mass is 10.3. The number of nitrogens with zero attached hydrogens (tertiary/aromatic N) is 6. The number of morpholine rings is 1. The van der Waals surface area contributed by atoms with Crippen molar-refractivity contribution in [3.63, 3.8) is 0 Å². The van der Waals surface area contributed by atoms with Crippen molar-refractivity contribution < 1.29 is 9.47 Å². The maximum atomic E-state index is 5.55. The predicted octanol–water partition coefficient (Wildman–Crippen LogP) is 3.41. The lowest BCUT2D eigenvalue weighted by molar-refractivity contribution is 0.0328. The standard InChI is InChI=1S/C23H28N8O2S/c1-3-33-23-28-21(24-14-17-5-4-12-34-17)27-22(29-23)25-16-6-7-19-18(13-16)26-20(30(19)2)15-31-8-10-32-11-9-31/h4-7,12-13H,3,8-11,14-15H2,1-2H3,(H2,24,25,27,28,29). The molecule has 1 aromatic carbocycles. The van der Waals surface area contributed by atoms with Gasteiger partial charge in [0.25, 0.3) is 0 Å². The van der Waals surface area contributed by atoms with Gasteiger partial charge in [0.1, 0.15) is 5.82 Å². The first-order chi connectivity index (χ1) is 16.7. The first kappa shape index (κ1) is 22.5. The number of thiophene rings is 1. The fraction of sp³-hybridized carbons (Fsp3) is 0.391. The summed E-state index contributed by atoms with van der Waals surface area (Å²) in [6.45, 7) is 7.23. The molecule has 0 saturated carbocycles. The van der Waals surface area contributed by atoms with Crippen molar-refractivity contribution in [2.24, 2.45) is 7.05 Å². The summed E-state index contributed by atoms with van der Waals surface area (Å²) in [5, 5.41) is 8.58. The molecule has 10 nitrogen and oxygen atoms in total. The number of aryl methyl sites for hydroxylation is 1. The summed E-state index contributed by atoms with van der Waals surface area (Å²) in [7, 11) is 2.06. The Morgan fingerprint density at radius 2 is 1.94 bits per heavy atom. The van der Waals surface area contributed by atoms with Gasteiger partial charge in [-0.1, -0.05) is 6.07 Å². The Hall–Kier alpha value is -3.28. The average Bonchev–Trinajstić information content (AvgIpc) is 3.47. The first-order valence-electron chi connectivity index (χ1n) is 11.4. The van der Waals surface area contributed by atoms with E-state index in [2.05, 4.69) is 54.2 Å². The molecule has 1 fully saturated rings. The number of hydrogen-bond donors (Lipinski definition) is 2. The molecule has 0 amide bonds. The van der Waals surface area contributed by atoms with Gasteiger partial charge in [-0.3, -0.25) is 4.90 Å². The molecule has 1 saturated heterocycles. The molecule has 0 unspecified atom stereocenters. The van der Waals surface area contributed by atoms with E-state index in [0.29, 0.717) is 25.0 Å². The molecular formula is C23H28N8O2S. The number of fused-ring (bicyclic) bond motifs is 1. The van der Waals surface area contributed by atoms with E-state index in [-0.39, 0.29) is 6.01 Å². The summed E-state index contributed by atoms with van der Waals surface area (Å²) in [6, 6.07) is 10.4. The van der Waals surface area contributed by atoms with E-state index in [1.807, 2.05) is 30.5 Å². The van der Waals surface area contributed by atoms with Crippen LogP contribution in [-0.4, -0.2) is 62.3 Å². The molecule has 34 heavy (non-hydrogen) atoms. The van der Waals surface area contributed by atoms with Gasteiger partial charge < -0.3 is 24.7 Å². The van der Waals surface area contributed by atoms with Crippen LogP contribution in [0.25, 0.3) is 11.0 Å². The number of aromatic nitrogens is 5. The van der Waals surface area contributed by atoms with Crippen molar-refractivity contribution in [2.45, 2.75) is 20.0 Å². The molecule has 1 aliphatic heterocycles. The second-order valence-corrected chi connectivity index (χ2v) is 8.97. The summed E-state index contributed by atoms with van der Waals surface area (Å²) in [5.41, 5.74) is 2.85. The van der Waals surface area contributed by atoms with Crippen LogP contribution in [0.1, 0.15) is 17.6 Å². The second kappa shape index (κ2) is 10.3. The molecule has 0 radical (unpaired) electrons. The molecule has 0 atom stereocenters. The molecule has 178 valence electrons. The van der Waals surface area contributed by atoms with Crippen LogP contribution in [-0.2, 0) is 24.9 Å². The van der Waals surface area contributed by atoms with Crippen LogP contribution >= 0.6 is 11.3 Å². The Balaban J connectivity index is 1.34. The third kappa shape index (κ3) is 5.27. The monoisotopic (exact) mass is 480 g/mol. The van der Waals surface area contributed by atoms with E-state index >= 15 is 0 Å². The van der Waals surface area contributed by atoms with Crippen LogP contribution in [0.15, 0.2) is 35.7 Å². The molecule has 2 N–H and O–H groups in total. The van der Waals surface area contributed by atoms with Gasteiger partial charge in [-0.25, -0.2) is 4.98 Å². The number of anilines is 3. The lowest BCUT2D eigenvalue weighted by Crippen LogP contribution is -2.36. The van der Waals surface area contributed by atoms with Crippen LogP contribution in [0.2, 0.25) is 0 Å². The minimum Gasteiger partial charge on any atom is -0.464 e. The van der Waals surface area contributed by atoms with Gasteiger partial charge in [0.05, 0.1) is 43.9 Å². The fourth-order valence-electron chi connectivity index (χ4n) is 3.82. The van der Waals surface area contributed by atoms with E-state index < -0.39 is 0 Å². The number of imidazole rings is 1. The highest BCUT2D eigenvalue weighted by Gasteiger charge is 2.16. The number of ether oxygens (including phenoxy) is 2. The van der Waals surface area contributed by atoms with Crippen molar-refractivity contribution in [2.75, 3.05) is 43.5 Å². The van der Waals surface area contributed by atoms with Crippen molar-refractivity contribution in [3.05, 3.63) is 46.4 Å². The van der Waals surface area contributed by atoms with E-state index in [9.17, 15) is 0 Å². The summed E-state index contributed by atoms with van der Waals surface area (Å²) in [6.07, 6.45) is 0. The van der Waals surface area contributed by atoms with Gasteiger partial charge in [-0.2, -0.15) is 15.0 Å². The molecular weight excluding hydrogens is 452 g/mol. The number of hydrogen-bond acceptors (Lipinski definition) is 10. The maximum absolute atomic E-state index is 5.55. The molecule has 3 aromatic heterocycles. The van der Waals surface area contributed by atoms with Gasteiger partial charge in [-0.05, 0) is 36.6 Å². The normalized spacial score (nSPS) is 14.4. The van der Waals surface area contributed by atoms with Gasteiger partial charge in [0.2, 0.25) is 11.9 Å².